The molecule has 2 aliphatic heterocycles. The highest BCUT2D eigenvalue weighted by Crippen LogP contribution is 2.36. The van der Waals surface area contributed by atoms with Crippen molar-refractivity contribution in [2.24, 2.45) is 5.41 Å². The molecule has 100 valence electrons. The summed E-state index contributed by atoms with van der Waals surface area (Å²) in [6.07, 6.45) is 5.57. The largest absolute Gasteiger partial charge is 0.316 e. The zero-order valence-corrected chi connectivity index (χ0v) is 13.2. The molecule has 1 unspecified atom stereocenters. The highest BCUT2D eigenvalue weighted by Gasteiger charge is 2.36. The first-order valence-electron chi connectivity index (χ1n) is 6.93. The van der Waals surface area contributed by atoms with E-state index in [0.29, 0.717) is 5.41 Å². The molecule has 0 saturated carbocycles. The maximum atomic E-state index is 3.60. The number of halogens is 1. The molecule has 0 amide bonds. The molecule has 1 aromatic rings. The van der Waals surface area contributed by atoms with E-state index in [0.717, 1.165) is 6.54 Å². The quantitative estimate of drug-likeness (QED) is 0.894. The normalized spacial score (nSPS) is 29.8. The summed E-state index contributed by atoms with van der Waals surface area (Å²) in [4.78, 5) is 4.15. The molecule has 4 heteroatoms. The molecule has 2 aliphatic rings. The second-order valence-corrected chi connectivity index (χ2v) is 8.35. The third-order valence-electron chi connectivity index (χ3n) is 4.31. The van der Waals surface area contributed by atoms with Gasteiger partial charge in [0.25, 0.3) is 0 Å². The summed E-state index contributed by atoms with van der Waals surface area (Å²) in [6.45, 7) is 6.15. The second kappa shape index (κ2) is 5.61. The lowest BCUT2D eigenvalue weighted by Gasteiger charge is -2.45. The van der Waals surface area contributed by atoms with Crippen LogP contribution in [0.25, 0.3) is 0 Å². The van der Waals surface area contributed by atoms with Gasteiger partial charge in [-0.15, -0.1) is 11.3 Å². The molecule has 3 rings (SSSR count). The van der Waals surface area contributed by atoms with Crippen LogP contribution in [0, 0.1) is 5.41 Å². The van der Waals surface area contributed by atoms with Crippen molar-refractivity contribution >= 4 is 27.3 Å². The van der Waals surface area contributed by atoms with Crippen LogP contribution in [0.1, 0.15) is 30.6 Å². The summed E-state index contributed by atoms with van der Waals surface area (Å²) in [5.41, 5.74) is 0.574. The van der Waals surface area contributed by atoms with Gasteiger partial charge in [0.05, 0.1) is 3.79 Å². The lowest BCUT2D eigenvalue weighted by Crippen LogP contribution is -2.50. The standard InChI is InChI=1S/C14H21BrN2S/c15-13-4-3-12(18-13)9-17-8-2-6-14(11-17)5-1-7-16-10-14/h3-4,16H,1-2,5-11H2. The summed E-state index contributed by atoms with van der Waals surface area (Å²) in [6, 6.07) is 4.43. The summed E-state index contributed by atoms with van der Waals surface area (Å²) < 4.78 is 1.25. The zero-order valence-electron chi connectivity index (χ0n) is 10.8. The number of rotatable bonds is 2. The number of piperidine rings is 2. The van der Waals surface area contributed by atoms with Gasteiger partial charge in [-0.1, -0.05) is 0 Å². The van der Waals surface area contributed by atoms with E-state index in [4.69, 9.17) is 0 Å². The van der Waals surface area contributed by atoms with Crippen LogP contribution in [-0.4, -0.2) is 31.1 Å². The van der Waals surface area contributed by atoms with Crippen molar-refractivity contribution in [2.45, 2.75) is 32.2 Å². The minimum atomic E-state index is 0.574. The van der Waals surface area contributed by atoms with Crippen molar-refractivity contribution < 1.29 is 0 Å². The number of thiophene rings is 1. The van der Waals surface area contributed by atoms with Gasteiger partial charge in [-0.25, -0.2) is 0 Å². The van der Waals surface area contributed by atoms with Crippen LogP contribution in [0.15, 0.2) is 15.9 Å². The van der Waals surface area contributed by atoms with Crippen molar-refractivity contribution in [1.82, 2.24) is 10.2 Å². The molecule has 0 radical (unpaired) electrons. The van der Waals surface area contributed by atoms with Crippen molar-refractivity contribution in [3.05, 3.63) is 20.8 Å². The van der Waals surface area contributed by atoms with Gasteiger partial charge >= 0.3 is 0 Å². The molecule has 1 N–H and O–H groups in total. The van der Waals surface area contributed by atoms with Crippen LogP contribution >= 0.6 is 27.3 Å². The average molecular weight is 329 g/mol. The predicted octanol–water partition coefficient (Wildman–Crippen LogP) is 3.48. The van der Waals surface area contributed by atoms with Gasteiger partial charge in [0.2, 0.25) is 0 Å². The molecule has 2 nitrogen and oxygen atoms in total. The number of nitrogens with zero attached hydrogens (tertiary/aromatic N) is 1. The van der Waals surface area contributed by atoms with Gasteiger partial charge in [0.1, 0.15) is 0 Å². The molecule has 0 aromatic carbocycles. The molecule has 0 bridgehead atoms. The SMILES string of the molecule is Brc1ccc(CN2CCCC3(CCCNC3)C2)s1. The number of hydrogen-bond acceptors (Lipinski definition) is 3. The molecular weight excluding hydrogens is 308 g/mol. The van der Waals surface area contributed by atoms with Gasteiger partial charge < -0.3 is 5.32 Å². The summed E-state index contributed by atoms with van der Waals surface area (Å²) in [5.74, 6) is 0. The highest BCUT2D eigenvalue weighted by molar-refractivity contribution is 9.11. The maximum absolute atomic E-state index is 3.60. The Morgan fingerprint density at radius 1 is 1.33 bits per heavy atom. The van der Waals surface area contributed by atoms with Gasteiger partial charge in [-0.05, 0) is 72.3 Å². The van der Waals surface area contributed by atoms with E-state index in [9.17, 15) is 0 Å². The highest BCUT2D eigenvalue weighted by atomic mass is 79.9. The Labute approximate surface area is 122 Å². The fourth-order valence-electron chi connectivity index (χ4n) is 3.48. The van der Waals surface area contributed by atoms with E-state index in [2.05, 4.69) is 38.3 Å². The van der Waals surface area contributed by atoms with E-state index >= 15 is 0 Å². The van der Waals surface area contributed by atoms with Crippen molar-refractivity contribution in [3.63, 3.8) is 0 Å². The minimum Gasteiger partial charge on any atom is -0.316 e. The first-order chi connectivity index (χ1) is 8.76. The number of hydrogen-bond donors (Lipinski definition) is 1. The monoisotopic (exact) mass is 328 g/mol. The Morgan fingerprint density at radius 3 is 2.94 bits per heavy atom. The molecule has 3 heterocycles. The van der Waals surface area contributed by atoms with Crippen LogP contribution in [0.2, 0.25) is 0 Å². The fourth-order valence-corrected chi connectivity index (χ4v) is 5.01. The predicted molar refractivity (Wildman–Crippen MR) is 81.1 cm³/mol. The van der Waals surface area contributed by atoms with Crippen LogP contribution in [0.3, 0.4) is 0 Å². The zero-order chi connectivity index (χ0) is 12.4. The molecular formula is C14H21BrN2S. The van der Waals surface area contributed by atoms with Crippen LogP contribution in [0.5, 0.6) is 0 Å². The van der Waals surface area contributed by atoms with E-state index in [1.165, 1.54) is 60.5 Å². The van der Waals surface area contributed by atoms with E-state index in [1.54, 1.807) is 0 Å². The minimum absolute atomic E-state index is 0.574. The Balaban J connectivity index is 1.63. The summed E-state index contributed by atoms with van der Waals surface area (Å²) in [7, 11) is 0. The summed E-state index contributed by atoms with van der Waals surface area (Å²) >= 11 is 5.43. The fraction of sp³-hybridized carbons (Fsp3) is 0.714. The lowest BCUT2D eigenvalue weighted by atomic mass is 9.74. The van der Waals surface area contributed by atoms with Crippen molar-refractivity contribution in [2.75, 3.05) is 26.2 Å². The molecule has 1 aromatic heterocycles. The number of nitrogens with one attached hydrogen (secondary N) is 1. The topological polar surface area (TPSA) is 15.3 Å². The molecule has 2 fully saturated rings. The first kappa shape index (κ1) is 13.1. The van der Waals surface area contributed by atoms with E-state index in [1.807, 2.05) is 11.3 Å². The van der Waals surface area contributed by atoms with E-state index < -0.39 is 0 Å². The lowest BCUT2D eigenvalue weighted by molar-refractivity contribution is 0.0607. The molecule has 0 aliphatic carbocycles. The second-order valence-electron chi connectivity index (χ2n) is 5.80. The Bertz CT molecular complexity index is 393. The van der Waals surface area contributed by atoms with Gasteiger partial charge in [0, 0.05) is 24.5 Å². The third-order valence-corrected chi connectivity index (χ3v) is 5.92. The van der Waals surface area contributed by atoms with Crippen LogP contribution in [0.4, 0.5) is 0 Å². The molecule has 1 spiro atoms. The van der Waals surface area contributed by atoms with Gasteiger partial charge in [-0.3, -0.25) is 4.90 Å². The van der Waals surface area contributed by atoms with Crippen molar-refractivity contribution in [1.29, 1.82) is 0 Å². The molecule has 2 saturated heterocycles. The van der Waals surface area contributed by atoms with Crippen LogP contribution < -0.4 is 5.32 Å². The molecule has 1 atom stereocenters. The Kier molecular flexibility index (Phi) is 4.09. The van der Waals surface area contributed by atoms with E-state index in [-0.39, 0.29) is 0 Å². The van der Waals surface area contributed by atoms with Gasteiger partial charge in [-0.2, -0.15) is 0 Å². The Hall–Kier alpha value is 0.1000. The smallest absolute Gasteiger partial charge is 0.0701 e. The molecule has 18 heavy (non-hydrogen) atoms. The first-order valence-corrected chi connectivity index (χ1v) is 8.54. The van der Waals surface area contributed by atoms with Crippen molar-refractivity contribution in [3.8, 4) is 0 Å². The Morgan fingerprint density at radius 2 is 2.22 bits per heavy atom. The average Bonchev–Trinajstić information content (AvgIpc) is 2.76. The van der Waals surface area contributed by atoms with Gasteiger partial charge in [0.15, 0.2) is 0 Å². The summed E-state index contributed by atoms with van der Waals surface area (Å²) in [5, 5.41) is 3.60. The maximum Gasteiger partial charge on any atom is 0.0701 e. The third kappa shape index (κ3) is 2.98. The number of likely N-dealkylation sites (tertiary alicyclic amines) is 1. The van der Waals surface area contributed by atoms with Crippen LogP contribution in [-0.2, 0) is 6.54 Å².